The zero-order valence-corrected chi connectivity index (χ0v) is 22.6. The van der Waals surface area contributed by atoms with Gasteiger partial charge in [0, 0.05) is 42.5 Å². The van der Waals surface area contributed by atoms with Gasteiger partial charge in [0.15, 0.2) is 0 Å². The number of nitrogens with one attached hydrogen (secondary N) is 1. The highest BCUT2D eigenvalue weighted by Crippen LogP contribution is 2.19. The van der Waals surface area contributed by atoms with E-state index in [4.69, 9.17) is 11.6 Å². The van der Waals surface area contributed by atoms with Crippen LogP contribution in [0.3, 0.4) is 0 Å². The van der Waals surface area contributed by atoms with Gasteiger partial charge in [0.05, 0.1) is 0 Å². The minimum Gasteiger partial charge on any atom is -0.354 e. The summed E-state index contributed by atoms with van der Waals surface area (Å²) in [7, 11) is 0. The molecule has 0 aliphatic carbocycles. The predicted molar refractivity (Wildman–Crippen MR) is 151 cm³/mol. The first kappa shape index (κ1) is 27.8. The fourth-order valence-electron chi connectivity index (χ4n) is 3.83. The third-order valence-electron chi connectivity index (χ3n) is 5.79. The number of rotatable bonds is 13. The molecule has 3 aromatic carbocycles. The average Bonchev–Trinajstić information content (AvgIpc) is 2.89. The van der Waals surface area contributed by atoms with Gasteiger partial charge < -0.3 is 10.2 Å². The van der Waals surface area contributed by atoms with E-state index in [1.807, 2.05) is 72.8 Å². The summed E-state index contributed by atoms with van der Waals surface area (Å²) in [6, 6.07) is 27.0. The molecule has 1 atom stereocenters. The highest BCUT2D eigenvalue weighted by molar-refractivity contribution is 7.98. The van der Waals surface area contributed by atoms with Crippen molar-refractivity contribution < 1.29 is 9.59 Å². The van der Waals surface area contributed by atoms with E-state index in [2.05, 4.69) is 31.3 Å². The Labute approximate surface area is 224 Å². The molecular formula is C30H35ClN2O2S. The molecule has 0 bridgehead atoms. The van der Waals surface area contributed by atoms with Crippen LogP contribution >= 0.6 is 23.4 Å². The Kier molecular flexibility index (Phi) is 11.4. The van der Waals surface area contributed by atoms with Crippen molar-refractivity contribution in [3.8, 4) is 0 Å². The molecular weight excluding hydrogens is 488 g/mol. The Bertz CT molecular complexity index is 1080. The van der Waals surface area contributed by atoms with Crippen molar-refractivity contribution in [2.45, 2.75) is 45.0 Å². The number of nitrogens with zero attached hydrogens (tertiary/aromatic N) is 1. The van der Waals surface area contributed by atoms with Crippen molar-refractivity contribution in [3.05, 3.63) is 107 Å². The molecule has 0 aromatic heterocycles. The average molecular weight is 523 g/mol. The van der Waals surface area contributed by atoms with Crippen LogP contribution in [0, 0.1) is 5.92 Å². The first-order chi connectivity index (χ1) is 17.4. The number of thioether (sulfide) groups is 1. The van der Waals surface area contributed by atoms with Crippen molar-refractivity contribution in [1.29, 1.82) is 0 Å². The number of carbonyl (C=O) groups excluding carboxylic acids is 2. The molecule has 0 aliphatic rings. The van der Waals surface area contributed by atoms with Gasteiger partial charge in [-0.05, 0) is 34.7 Å². The summed E-state index contributed by atoms with van der Waals surface area (Å²) in [5.74, 6) is 1.73. The third-order valence-corrected chi connectivity index (χ3v) is 7.08. The Hall–Kier alpha value is -2.76. The number of amides is 2. The van der Waals surface area contributed by atoms with Crippen LogP contribution in [0.4, 0.5) is 0 Å². The van der Waals surface area contributed by atoms with Crippen LogP contribution in [-0.4, -0.2) is 35.1 Å². The van der Waals surface area contributed by atoms with E-state index in [0.29, 0.717) is 42.6 Å². The summed E-state index contributed by atoms with van der Waals surface area (Å²) in [5.41, 5.74) is 3.21. The molecule has 0 aliphatic heterocycles. The lowest BCUT2D eigenvalue weighted by Gasteiger charge is -2.32. The van der Waals surface area contributed by atoms with Crippen LogP contribution in [0.5, 0.6) is 0 Å². The number of halogens is 1. The summed E-state index contributed by atoms with van der Waals surface area (Å²) in [6.07, 6.45) is 0.828. The fraction of sp³-hybridized carbons (Fsp3) is 0.333. The van der Waals surface area contributed by atoms with Gasteiger partial charge in [-0.3, -0.25) is 9.59 Å². The first-order valence-electron chi connectivity index (χ1n) is 12.4. The standard InChI is InChI=1S/C30H35ClN2O2S/c1-23(2)20-32-30(35)28(19-24-9-5-3-6-10-24)33(21-25-13-15-27(31)16-14-25)29(34)17-18-36-22-26-11-7-4-8-12-26/h3-16,23,28H,17-22H2,1-2H3,(H,32,35). The second-order valence-electron chi connectivity index (χ2n) is 9.28. The van der Waals surface area contributed by atoms with Crippen LogP contribution in [0.25, 0.3) is 0 Å². The summed E-state index contributed by atoms with van der Waals surface area (Å²) in [5, 5.41) is 3.71. The number of hydrogen-bond acceptors (Lipinski definition) is 3. The lowest BCUT2D eigenvalue weighted by atomic mass is 10.0. The Morgan fingerprint density at radius 2 is 1.47 bits per heavy atom. The lowest BCUT2D eigenvalue weighted by molar-refractivity contribution is -0.141. The van der Waals surface area contributed by atoms with Crippen LogP contribution in [0.1, 0.15) is 37.0 Å². The minimum absolute atomic E-state index is 0.0221. The van der Waals surface area contributed by atoms with Crippen LogP contribution in [0.2, 0.25) is 5.02 Å². The maximum absolute atomic E-state index is 13.6. The Balaban J connectivity index is 1.78. The van der Waals surface area contributed by atoms with Gasteiger partial charge in [-0.2, -0.15) is 11.8 Å². The zero-order chi connectivity index (χ0) is 25.8. The van der Waals surface area contributed by atoms with Crippen molar-refractivity contribution in [2.75, 3.05) is 12.3 Å². The van der Waals surface area contributed by atoms with E-state index in [1.54, 1.807) is 16.7 Å². The number of carbonyl (C=O) groups is 2. The van der Waals surface area contributed by atoms with E-state index < -0.39 is 6.04 Å². The highest BCUT2D eigenvalue weighted by Gasteiger charge is 2.30. The van der Waals surface area contributed by atoms with Crippen LogP contribution in [-0.2, 0) is 28.3 Å². The molecule has 3 rings (SSSR count). The van der Waals surface area contributed by atoms with Gasteiger partial charge in [0.2, 0.25) is 11.8 Å². The van der Waals surface area contributed by atoms with E-state index in [1.165, 1.54) is 5.56 Å². The monoisotopic (exact) mass is 522 g/mol. The van der Waals surface area contributed by atoms with Crippen LogP contribution in [0.15, 0.2) is 84.9 Å². The molecule has 0 saturated heterocycles. The van der Waals surface area contributed by atoms with Crippen molar-refractivity contribution >= 4 is 35.2 Å². The largest absolute Gasteiger partial charge is 0.354 e. The summed E-state index contributed by atoms with van der Waals surface area (Å²) in [6.45, 7) is 5.05. The number of hydrogen-bond donors (Lipinski definition) is 1. The van der Waals surface area contributed by atoms with Gasteiger partial charge in [0.1, 0.15) is 6.04 Å². The molecule has 1 unspecified atom stereocenters. The summed E-state index contributed by atoms with van der Waals surface area (Å²) >= 11 is 7.82. The summed E-state index contributed by atoms with van der Waals surface area (Å²) < 4.78 is 0. The van der Waals surface area contributed by atoms with E-state index in [-0.39, 0.29) is 11.8 Å². The molecule has 190 valence electrons. The number of benzene rings is 3. The van der Waals surface area contributed by atoms with Gasteiger partial charge >= 0.3 is 0 Å². The fourth-order valence-corrected chi connectivity index (χ4v) is 4.85. The quantitative estimate of drug-likeness (QED) is 0.265. The Morgan fingerprint density at radius 1 is 0.861 bits per heavy atom. The molecule has 1 N–H and O–H groups in total. The SMILES string of the molecule is CC(C)CNC(=O)C(Cc1ccccc1)N(Cc1ccc(Cl)cc1)C(=O)CCSCc1ccccc1. The summed E-state index contributed by atoms with van der Waals surface area (Å²) in [4.78, 5) is 28.8. The van der Waals surface area contributed by atoms with Crippen molar-refractivity contribution in [2.24, 2.45) is 5.92 Å². The molecule has 0 radical (unpaired) electrons. The van der Waals surface area contributed by atoms with Gasteiger partial charge in [0.25, 0.3) is 0 Å². The topological polar surface area (TPSA) is 49.4 Å². The van der Waals surface area contributed by atoms with Crippen LogP contribution < -0.4 is 5.32 Å². The second-order valence-corrected chi connectivity index (χ2v) is 10.8. The van der Waals surface area contributed by atoms with Crippen molar-refractivity contribution in [1.82, 2.24) is 10.2 Å². The zero-order valence-electron chi connectivity index (χ0n) is 21.0. The third kappa shape index (κ3) is 9.36. The predicted octanol–water partition coefficient (Wildman–Crippen LogP) is 6.38. The second kappa shape index (κ2) is 14.7. The lowest BCUT2D eigenvalue weighted by Crippen LogP contribution is -2.51. The van der Waals surface area contributed by atoms with Crippen molar-refractivity contribution in [3.63, 3.8) is 0 Å². The molecule has 6 heteroatoms. The molecule has 0 heterocycles. The normalized spacial score (nSPS) is 11.8. The molecule has 0 fully saturated rings. The molecule has 36 heavy (non-hydrogen) atoms. The maximum Gasteiger partial charge on any atom is 0.243 e. The molecule has 2 amide bonds. The maximum atomic E-state index is 13.6. The van der Waals surface area contributed by atoms with E-state index in [0.717, 1.165) is 16.9 Å². The van der Waals surface area contributed by atoms with Gasteiger partial charge in [-0.1, -0.05) is 98.2 Å². The van der Waals surface area contributed by atoms with E-state index >= 15 is 0 Å². The Morgan fingerprint density at radius 3 is 2.08 bits per heavy atom. The van der Waals surface area contributed by atoms with Gasteiger partial charge in [-0.15, -0.1) is 0 Å². The minimum atomic E-state index is -0.603. The molecule has 0 saturated carbocycles. The molecule has 4 nitrogen and oxygen atoms in total. The first-order valence-corrected chi connectivity index (χ1v) is 13.9. The molecule has 0 spiro atoms. The van der Waals surface area contributed by atoms with E-state index in [9.17, 15) is 9.59 Å². The smallest absolute Gasteiger partial charge is 0.243 e. The highest BCUT2D eigenvalue weighted by atomic mass is 35.5. The van der Waals surface area contributed by atoms with Gasteiger partial charge in [-0.25, -0.2) is 0 Å². The molecule has 3 aromatic rings.